The van der Waals surface area contributed by atoms with Crippen LogP contribution in [0.4, 0.5) is 0 Å². The Morgan fingerprint density at radius 1 is 1.00 bits per heavy atom. The maximum absolute atomic E-state index is 13.0. The largest absolute Gasteiger partial charge is 0.294 e. The number of nitrogens with zero attached hydrogens (tertiary/aromatic N) is 5. The molecule has 3 aromatic heterocycles. The Morgan fingerprint density at radius 2 is 1.78 bits per heavy atom. The van der Waals surface area contributed by atoms with Crippen molar-refractivity contribution in [3.05, 3.63) is 84.6 Å². The standard InChI is InChI=1S/C23H19N5O3S/c1-27-14-17-12-20(7-8-21(17)26-27)32(30,31)19-5-2-16(3-6-19)4-9-22(29)18-13-25-23-24-10-11-28(23)15-18/h2-3,5-8,10-15H,4,9H2,1H3. The molecule has 0 unspecified atom stereocenters. The average Bonchev–Trinajstić information content (AvgIpc) is 3.41. The molecule has 32 heavy (non-hydrogen) atoms. The number of carbonyl (C=O) groups excluding carboxylic acids is 1. The highest BCUT2D eigenvalue weighted by atomic mass is 32.2. The molecule has 2 aromatic carbocycles. The zero-order chi connectivity index (χ0) is 22.3. The number of imidazole rings is 1. The fraction of sp³-hybridized carbons (Fsp3) is 0.130. The zero-order valence-corrected chi connectivity index (χ0v) is 18.0. The number of benzene rings is 2. The molecule has 0 atom stereocenters. The monoisotopic (exact) mass is 445 g/mol. The van der Waals surface area contributed by atoms with Gasteiger partial charge in [0.2, 0.25) is 15.6 Å². The molecule has 5 rings (SSSR count). The van der Waals surface area contributed by atoms with Crippen LogP contribution < -0.4 is 0 Å². The molecule has 0 amide bonds. The fourth-order valence-electron chi connectivity index (χ4n) is 3.63. The number of rotatable bonds is 6. The van der Waals surface area contributed by atoms with Crippen LogP contribution in [0.1, 0.15) is 22.3 Å². The van der Waals surface area contributed by atoms with E-state index in [9.17, 15) is 13.2 Å². The van der Waals surface area contributed by atoms with E-state index in [4.69, 9.17) is 0 Å². The molecule has 0 saturated heterocycles. The van der Waals surface area contributed by atoms with Crippen LogP contribution in [-0.2, 0) is 23.3 Å². The Hall–Kier alpha value is -3.85. The second-order valence-electron chi connectivity index (χ2n) is 7.57. The van der Waals surface area contributed by atoms with E-state index >= 15 is 0 Å². The minimum atomic E-state index is -3.65. The molecule has 0 spiro atoms. The number of sulfone groups is 1. The first-order chi connectivity index (χ1) is 15.4. The van der Waals surface area contributed by atoms with Crippen molar-refractivity contribution in [2.24, 2.45) is 7.05 Å². The third-order valence-electron chi connectivity index (χ3n) is 5.34. The Bertz CT molecular complexity index is 1570. The van der Waals surface area contributed by atoms with Gasteiger partial charge in [-0.2, -0.15) is 5.10 Å². The van der Waals surface area contributed by atoms with E-state index in [1.54, 1.807) is 83.4 Å². The van der Waals surface area contributed by atoms with Gasteiger partial charge in [0.05, 0.1) is 20.9 Å². The summed E-state index contributed by atoms with van der Waals surface area (Å²) in [5.41, 5.74) is 2.14. The van der Waals surface area contributed by atoms with Gasteiger partial charge in [-0.05, 0) is 42.3 Å². The first-order valence-electron chi connectivity index (χ1n) is 9.99. The van der Waals surface area contributed by atoms with E-state index in [1.807, 2.05) is 0 Å². The smallest absolute Gasteiger partial charge is 0.233 e. The summed E-state index contributed by atoms with van der Waals surface area (Å²) in [6.45, 7) is 0. The van der Waals surface area contributed by atoms with Gasteiger partial charge in [0.1, 0.15) is 0 Å². The van der Waals surface area contributed by atoms with Gasteiger partial charge < -0.3 is 0 Å². The lowest BCUT2D eigenvalue weighted by molar-refractivity contribution is 0.0982. The van der Waals surface area contributed by atoms with E-state index in [-0.39, 0.29) is 15.6 Å². The highest BCUT2D eigenvalue weighted by Gasteiger charge is 2.18. The molecule has 8 nitrogen and oxygen atoms in total. The van der Waals surface area contributed by atoms with Crippen molar-refractivity contribution in [2.75, 3.05) is 0 Å². The zero-order valence-electron chi connectivity index (χ0n) is 17.2. The number of fused-ring (bicyclic) bond motifs is 2. The summed E-state index contributed by atoms with van der Waals surface area (Å²) in [7, 11) is -1.85. The maximum Gasteiger partial charge on any atom is 0.233 e. The van der Waals surface area contributed by atoms with Crippen molar-refractivity contribution >= 4 is 32.3 Å². The first kappa shape index (κ1) is 20.1. The number of hydrogen-bond donors (Lipinski definition) is 0. The average molecular weight is 446 g/mol. The maximum atomic E-state index is 13.0. The minimum Gasteiger partial charge on any atom is -0.294 e. The van der Waals surface area contributed by atoms with Gasteiger partial charge in [0, 0.05) is 49.8 Å². The molecule has 0 radical (unpaired) electrons. The molecule has 0 aliphatic carbocycles. The molecule has 160 valence electrons. The van der Waals surface area contributed by atoms with Crippen molar-refractivity contribution in [1.82, 2.24) is 24.1 Å². The quantitative estimate of drug-likeness (QED) is 0.372. The van der Waals surface area contributed by atoms with Gasteiger partial charge >= 0.3 is 0 Å². The molecule has 5 aromatic rings. The molecule has 3 heterocycles. The Labute approximate surface area is 184 Å². The highest BCUT2D eigenvalue weighted by molar-refractivity contribution is 7.91. The van der Waals surface area contributed by atoms with Crippen molar-refractivity contribution in [1.29, 1.82) is 0 Å². The number of carbonyl (C=O) groups is 1. The predicted octanol–water partition coefficient (Wildman–Crippen LogP) is 3.26. The summed E-state index contributed by atoms with van der Waals surface area (Å²) < 4.78 is 29.4. The second-order valence-corrected chi connectivity index (χ2v) is 9.52. The van der Waals surface area contributed by atoms with Crippen LogP contribution in [0.15, 0.2) is 83.2 Å². The summed E-state index contributed by atoms with van der Waals surface area (Å²) in [6.07, 6.45) is 9.19. The predicted molar refractivity (Wildman–Crippen MR) is 118 cm³/mol. The van der Waals surface area contributed by atoms with E-state index in [0.717, 1.165) is 16.5 Å². The first-order valence-corrected chi connectivity index (χ1v) is 11.5. The minimum absolute atomic E-state index is 0.0328. The van der Waals surface area contributed by atoms with Crippen molar-refractivity contribution < 1.29 is 13.2 Å². The number of aromatic nitrogens is 5. The summed E-state index contributed by atoms with van der Waals surface area (Å²) >= 11 is 0. The topological polar surface area (TPSA) is 99.2 Å². The van der Waals surface area contributed by atoms with Gasteiger partial charge in [0.25, 0.3) is 0 Å². The van der Waals surface area contributed by atoms with Crippen LogP contribution >= 0.6 is 0 Å². The normalized spacial score (nSPS) is 11.9. The molecule has 0 fully saturated rings. The number of hydrogen-bond acceptors (Lipinski definition) is 6. The number of aryl methyl sites for hydroxylation is 2. The Balaban J connectivity index is 1.31. The van der Waals surface area contributed by atoms with E-state index in [1.165, 1.54) is 6.20 Å². The van der Waals surface area contributed by atoms with Crippen LogP contribution in [0, 0.1) is 0 Å². The van der Waals surface area contributed by atoms with Crippen LogP contribution in [0.3, 0.4) is 0 Å². The van der Waals surface area contributed by atoms with Gasteiger partial charge in [-0.15, -0.1) is 0 Å². The summed E-state index contributed by atoms with van der Waals surface area (Å²) in [4.78, 5) is 21.2. The summed E-state index contributed by atoms with van der Waals surface area (Å²) in [5.74, 6) is 0.510. The lowest BCUT2D eigenvalue weighted by atomic mass is 10.0. The van der Waals surface area contributed by atoms with E-state index in [0.29, 0.717) is 24.2 Å². The van der Waals surface area contributed by atoms with Crippen LogP contribution in [-0.4, -0.2) is 38.4 Å². The molecular weight excluding hydrogens is 426 g/mol. The number of ketones is 1. The fourth-order valence-corrected chi connectivity index (χ4v) is 4.92. The third-order valence-corrected chi connectivity index (χ3v) is 7.11. The van der Waals surface area contributed by atoms with Crippen molar-refractivity contribution in [2.45, 2.75) is 22.6 Å². The van der Waals surface area contributed by atoms with Gasteiger partial charge in [-0.3, -0.25) is 13.9 Å². The summed E-state index contributed by atoms with van der Waals surface area (Å²) in [6, 6.07) is 11.6. The molecule has 0 aliphatic heterocycles. The molecule has 0 saturated carbocycles. The molecule has 9 heteroatoms. The van der Waals surface area contributed by atoms with Gasteiger partial charge in [-0.1, -0.05) is 12.1 Å². The van der Waals surface area contributed by atoms with Crippen LogP contribution in [0.5, 0.6) is 0 Å². The lowest BCUT2D eigenvalue weighted by Gasteiger charge is -2.07. The van der Waals surface area contributed by atoms with E-state index in [2.05, 4.69) is 15.1 Å². The van der Waals surface area contributed by atoms with Crippen LogP contribution in [0.25, 0.3) is 16.7 Å². The van der Waals surface area contributed by atoms with Gasteiger partial charge in [0.15, 0.2) is 5.78 Å². The molecule has 0 N–H and O–H groups in total. The Morgan fingerprint density at radius 3 is 2.59 bits per heavy atom. The number of Topliss-reactive ketones (excluding diaryl/α,β-unsaturated/α-hetero) is 1. The van der Waals surface area contributed by atoms with Gasteiger partial charge in [-0.25, -0.2) is 18.4 Å². The SMILES string of the molecule is Cn1cc2cc(S(=O)(=O)c3ccc(CCC(=O)c4cnc5nccn5c4)cc3)ccc2n1. The second kappa shape index (κ2) is 7.69. The highest BCUT2D eigenvalue weighted by Crippen LogP contribution is 2.25. The Kier molecular flexibility index (Phi) is 4.82. The summed E-state index contributed by atoms with van der Waals surface area (Å²) in [5, 5.41) is 5.05. The van der Waals surface area contributed by atoms with E-state index < -0.39 is 9.84 Å². The molecular formula is C23H19N5O3S. The third kappa shape index (κ3) is 3.67. The van der Waals surface area contributed by atoms with Crippen molar-refractivity contribution in [3.63, 3.8) is 0 Å². The molecule has 0 aliphatic rings. The molecule has 0 bridgehead atoms. The van der Waals surface area contributed by atoms with Crippen LogP contribution in [0.2, 0.25) is 0 Å². The lowest BCUT2D eigenvalue weighted by Crippen LogP contribution is -2.05. The van der Waals surface area contributed by atoms with Crippen molar-refractivity contribution in [3.8, 4) is 0 Å².